The first-order valence-electron chi connectivity index (χ1n) is 8.78. The predicted octanol–water partition coefficient (Wildman–Crippen LogP) is 3.28. The molecule has 0 unspecified atom stereocenters. The molecule has 1 aromatic rings. The van der Waals surface area contributed by atoms with Crippen LogP contribution in [-0.4, -0.2) is 37.7 Å². The van der Waals surface area contributed by atoms with Gasteiger partial charge in [0, 0.05) is 30.6 Å². The van der Waals surface area contributed by atoms with Gasteiger partial charge in [-0.1, -0.05) is 30.3 Å². The fraction of sp³-hybridized carbons (Fsp3) is 0.632. The third kappa shape index (κ3) is 6.97. The lowest BCUT2D eigenvalue weighted by atomic mass is 9.96. The number of nitrogens with one attached hydrogen (secondary N) is 3. The largest absolute Gasteiger partial charge is 0.357 e. The fourth-order valence-electron chi connectivity index (χ4n) is 2.67. The maximum absolute atomic E-state index is 4.82. The van der Waals surface area contributed by atoms with E-state index in [0.717, 1.165) is 32.1 Å². The van der Waals surface area contributed by atoms with Crippen molar-refractivity contribution in [3.8, 4) is 0 Å². The molecular formula is C19H33IN4. The minimum Gasteiger partial charge on any atom is -0.357 e. The molecule has 1 aliphatic rings. The highest BCUT2D eigenvalue weighted by Gasteiger charge is 2.43. The maximum atomic E-state index is 4.82. The molecule has 0 spiro atoms. The lowest BCUT2D eigenvalue weighted by molar-refractivity contribution is 0.428. The van der Waals surface area contributed by atoms with Crippen LogP contribution >= 0.6 is 24.0 Å². The Morgan fingerprint density at radius 2 is 1.75 bits per heavy atom. The van der Waals surface area contributed by atoms with Gasteiger partial charge in [0.2, 0.25) is 0 Å². The van der Waals surface area contributed by atoms with Gasteiger partial charge in [-0.25, -0.2) is 0 Å². The van der Waals surface area contributed by atoms with Gasteiger partial charge >= 0.3 is 0 Å². The van der Waals surface area contributed by atoms with Gasteiger partial charge in [-0.2, -0.15) is 0 Å². The normalized spacial score (nSPS) is 16.2. The molecule has 5 heteroatoms. The summed E-state index contributed by atoms with van der Waals surface area (Å²) in [6.07, 6.45) is 2.48. The molecule has 136 valence electrons. The molecule has 0 atom stereocenters. The van der Waals surface area contributed by atoms with Crippen LogP contribution in [0, 0.1) is 0 Å². The molecule has 0 aromatic heterocycles. The lowest BCUT2D eigenvalue weighted by Gasteiger charge is -2.21. The molecule has 0 aliphatic heterocycles. The quantitative estimate of drug-likeness (QED) is 0.262. The molecule has 1 aliphatic carbocycles. The Bertz CT molecular complexity index is 504. The van der Waals surface area contributed by atoms with Gasteiger partial charge in [-0.3, -0.25) is 4.99 Å². The number of hydrogen-bond acceptors (Lipinski definition) is 2. The zero-order valence-electron chi connectivity index (χ0n) is 15.5. The SMILES string of the molecule is CCNC(=NCC1(c2ccccc2)CC1)NCCNC(C)(C)C.I. The number of halogens is 1. The fourth-order valence-corrected chi connectivity index (χ4v) is 2.67. The van der Waals surface area contributed by atoms with Crippen LogP contribution in [-0.2, 0) is 5.41 Å². The molecule has 0 heterocycles. The summed E-state index contributed by atoms with van der Waals surface area (Å²) in [5.41, 5.74) is 1.85. The molecule has 24 heavy (non-hydrogen) atoms. The van der Waals surface area contributed by atoms with Gasteiger partial charge in [-0.15, -0.1) is 24.0 Å². The number of rotatable bonds is 7. The smallest absolute Gasteiger partial charge is 0.191 e. The molecule has 4 nitrogen and oxygen atoms in total. The van der Waals surface area contributed by atoms with Crippen LogP contribution in [0.2, 0.25) is 0 Å². The van der Waals surface area contributed by atoms with Gasteiger partial charge in [0.1, 0.15) is 0 Å². The molecular weight excluding hydrogens is 411 g/mol. The molecule has 1 fully saturated rings. The first-order chi connectivity index (χ1) is 11.0. The van der Waals surface area contributed by atoms with Crippen molar-refractivity contribution < 1.29 is 0 Å². The van der Waals surface area contributed by atoms with Crippen LogP contribution in [0.25, 0.3) is 0 Å². The van der Waals surface area contributed by atoms with Crippen LogP contribution in [0.1, 0.15) is 46.1 Å². The van der Waals surface area contributed by atoms with Crippen molar-refractivity contribution in [2.45, 2.75) is 51.5 Å². The molecule has 0 amide bonds. The van der Waals surface area contributed by atoms with Crippen molar-refractivity contribution in [3.05, 3.63) is 35.9 Å². The molecule has 0 radical (unpaired) electrons. The van der Waals surface area contributed by atoms with E-state index < -0.39 is 0 Å². The third-order valence-corrected chi connectivity index (χ3v) is 4.20. The second kappa shape index (κ2) is 9.61. The molecule has 1 aromatic carbocycles. The average Bonchev–Trinajstić information content (AvgIpc) is 3.30. The first kappa shape index (κ1) is 21.2. The predicted molar refractivity (Wildman–Crippen MR) is 115 cm³/mol. The number of guanidine groups is 1. The van der Waals surface area contributed by atoms with E-state index >= 15 is 0 Å². The highest BCUT2D eigenvalue weighted by molar-refractivity contribution is 14.0. The number of benzene rings is 1. The summed E-state index contributed by atoms with van der Waals surface area (Å²) in [6.45, 7) is 12.2. The van der Waals surface area contributed by atoms with Crippen molar-refractivity contribution >= 4 is 29.9 Å². The Kier molecular flexibility index (Phi) is 8.50. The summed E-state index contributed by atoms with van der Waals surface area (Å²) in [5, 5.41) is 10.2. The van der Waals surface area contributed by atoms with E-state index in [1.807, 2.05) is 0 Å². The van der Waals surface area contributed by atoms with Crippen molar-refractivity contribution in [1.82, 2.24) is 16.0 Å². The first-order valence-corrected chi connectivity index (χ1v) is 8.78. The monoisotopic (exact) mass is 444 g/mol. The number of hydrogen-bond donors (Lipinski definition) is 3. The Hall–Kier alpha value is -0.820. The molecule has 0 saturated heterocycles. The lowest BCUT2D eigenvalue weighted by Crippen LogP contribution is -2.44. The van der Waals surface area contributed by atoms with Gasteiger partial charge in [0.15, 0.2) is 5.96 Å². The summed E-state index contributed by atoms with van der Waals surface area (Å²) >= 11 is 0. The van der Waals surface area contributed by atoms with Crippen LogP contribution in [0.5, 0.6) is 0 Å². The Morgan fingerprint density at radius 3 is 2.29 bits per heavy atom. The van der Waals surface area contributed by atoms with E-state index in [9.17, 15) is 0 Å². The summed E-state index contributed by atoms with van der Waals surface area (Å²) in [5.74, 6) is 0.922. The number of nitrogens with zero attached hydrogens (tertiary/aromatic N) is 1. The Labute approximate surface area is 164 Å². The second-order valence-electron chi connectivity index (χ2n) is 7.45. The minimum absolute atomic E-state index is 0. The molecule has 3 N–H and O–H groups in total. The van der Waals surface area contributed by atoms with Crippen LogP contribution in [0.15, 0.2) is 35.3 Å². The maximum Gasteiger partial charge on any atom is 0.191 e. The van der Waals surface area contributed by atoms with E-state index in [1.54, 1.807) is 0 Å². The highest BCUT2D eigenvalue weighted by atomic mass is 127. The zero-order valence-corrected chi connectivity index (χ0v) is 17.8. The van der Waals surface area contributed by atoms with Crippen molar-refractivity contribution in [3.63, 3.8) is 0 Å². The van der Waals surface area contributed by atoms with Gasteiger partial charge in [0.05, 0.1) is 6.54 Å². The molecule has 2 rings (SSSR count). The summed E-state index contributed by atoms with van der Waals surface area (Å²) in [6, 6.07) is 10.8. The van der Waals surface area contributed by atoms with Gasteiger partial charge in [0.25, 0.3) is 0 Å². The van der Waals surface area contributed by atoms with E-state index in [-0.39, 0.29) is 34.9 Å². The minimum atomic E-state index is 0. The number of aliphatic imine (C=N–C) groups is 1. The van der Waals surface area contributed by atoms with E-state index in [0.29, 0.717) is 0 Å². The van der Waals surface area contributed by atoms with Crippen molar-refractivity contribution in [1.29, 1.82) is 0 Å². The highest BCUT2D eigenvalue weighted by Crippen LogP contribution is 2.48. The Balaban J connectivity index is 0.00000288. The van der Waals surface area contributed by atoms with Crippen molar-refractivity contribution in [2.24, 2.45) is 4.99 Å². The van der Waals surface area contributed by atoms with Crippen LogP contribution < -0.4 is 16.0 Å². The van der Waals surface area contributed by atoms with Gasteiger partial charge in [-0.05, 0) is 46.1 Å². The van der Waals surface area contributed by atoms with Gasteiger partial charge < -0.3 is 16.0 Å². The standard InChI is InChI=1S/C19H32N4.HI/c1-5-20-17(21-13-14-23-18(2,3)4)22-15-19(11-12-19)16-9-7-6-8-10-16;/h6-10,23H,5,11-15H2,1-4H3,(H2,20,21,22);1H. The summed E-state index contributed by atoms with van der Waals surface area (Å²) in [7, 11) is 0. The van der Waals surface area contributed by atoms with E-state index in [4.69, 9.17) is 4.99 Å². The third-order valence-electron chi connectivity index (χ3n) is 4.20. The summed E-state index contributed by atoms with van der Waals surface area (Å²) < 4.78 is 0. The van der Waals surface area contributed by atoms with Crippen LogP contribution in [0.4, 0.5) is 0 Å². The van der Waals surface area contributed by atoms with E-state index in [2.05, 4.69) is 74.0 Å². The van der Waals surface area contributed by atoms with E-state index in [1.165, 1.54) is 18.4 Å². The molecule has 1 saturated carbocycles. The topological polar surface area (TPSA) is 48.5 Å². The van der Waals surface area contributed by atoms with Crippen LogP contribution in [0.3, 0.4) is 0 Å². The Morgan fingerprint density at radius 1 is 1.08 bits per heavy atom. The summed E-state index contributed by atoms with van der Waals surface area (Å²) in [4.78, 5) is 4.82. The average molecular weight is 444 g/mol. The van der Waals surface area contributed by atoms with Crippen molar-refractivity contribution in [2.75, 3.05) is 26.2 Å². The zero-order chi connectivity index (χ0) is 16.8. The molecule has 0 bridgehead atoms. The second-order valence-corrected chi connectivity index (χ2v) is 7.45.